The van der Waals surface area contributed by atoms with Crippen LogP contribution in [-0.4, -0.2) is 61.7 Å². The number of methoxy groups -OCH3 is 2. The van der Waals surface area contributed by atoms with Crippen LogP contribution in [0.1, 0.15) is 11.1 Å². The van der Waals surface area contributed by atoms with Crippen molar-refractivity contribution in [1.29, 1.82) is 0 Å². The molecule has 1 fully saturated rings. The Morgan fingerprint density at radius 3 is 2.50 bits per heavy atom. The summed E-state index contributed by atoms with van der Waals surface area (Å²) in [6.07, 6.45) is 1.66. The lowest BCUT2D eigenvalue weighted by atomic mass is 10.2. The van der Waals surface area contributed by atoms with Gasteiger partial charge in [-0.25, -0.2) is 5.43 Å². The van der Waals surface area contributed by atoms with Gasteiger partial charge >= 0.3 is 0 Å². The van der Waals surface area contributed by atoms with Gasteiger partial charge in [0.2, 0.25) is 17.8 Å². The highest BCUT2D eigenvalue weighted by Gasteiger charge is 2.17. The van der Waals surface area contributed by atoms with E-state index in [2.05, 4.69) is 51.6 Å². The second kappa shape index (κ2) is 11.1. The van der Waals surface area contributed by atoms with Gasteiger partial charge in [0.25, 0.3) is 0 Å². The number of aromatic nitrogens is 3. The maximum absolute atomic E-state index is 5.46. The number of morpholine rings is 1. The molecule has 2 N–H and O–H groups in total. The molecule has 0 atom stereocenters. The first kappa shape index (κ1) is 23.7. The molecule has 4 rings (SSSR count). The molecule has 0 spiro atoms. The van der Waals surface area contributed by atoms with Crippen LogP contribution >= 0.6 is 15.9 Å². The minimum absolute atomic E-state index is 0.318. The highest BCUT2D eigenvalue weighted by atomic mass is 79.9. The van der Waals surface area contributed by atoms with Crippen LogP contribution in [0.5, 0.6) is 11.5 Å². The van der Waals surface area contributed by atoms with Gasteiger partial charge in [-0.05, 0) is 64.3 Å². The Kier molecular flexibility index (Phi) is 7.76. The summed E-state index contributed by atoms with van der Waals surface area (Å²) in [4.78, 5) is 15.7. The number of hydrazone groups is 1. The molecule has 1 aromatic heterocycles. The standard InChI is InChI=1S/C23H26BrN7O3/c1-15-4-6-18(17(24)12-15)26-21-27-22(29-23(28-21)31-8-10-34-11-9-31)30-25-14-16-5-7-19(32-2)20(13-16)33-3/h4-7,12-14H,8-11H2,1-3H3,(H2,26,27,28,29,30). The summed E-state index contributed by atoms with van der Waals surface area (Å²) in [6.45, 7) is 4.68. The van der Waals surface area contributed by atoms with Crippen LogP contribution in [0.25, 0.3) is 0 Å². The van der Waals surface area contributed by atoms with Crippen molar-refractivity contribution in [3.63, 3.8) is 0 Å². The van der Waals surface area contributed by atoms with Crippen LogP contribution in [0.15, 0.2) is 46.0 Å². The molecule has 1 aliphatic heterocycles. The first-order valence-electron chi connectivity index (χ1n) is 10.7. The zero-order valence-electron chi connectivity index (χ0n) is 19.2. The molecule has 34 heavy (non-hydrogen) atoms. The van der Waals surface area contributed by atoms with Crippen LogP contribution in [0.2, 0.25) is 0 Å². The third kappa shape index (κ3) is 5.91. The summed E-state index contributed by atoms with van der Waals surface area (Å²) in [5.74, 6) is 2.55. The van der Waals surface area contributed by atoms with E-state index in [4.69, 9.17) is 14.2 Å². The first-order chi connectivity index (χ1) is 16.6. The zero-order chi connectivity index (χ0) is 23.9. The number of hydrogen-bond donors (Lipinski definition) is 2. The highest BCUT2D eigenvalue weighted by molar-refractivity contribution is 9.10. The molecule has 0 saturated carbocycles. The van der Waals surface area contributed by atoms with Gasteiger partial charge in [-0.1, -0.05) is 6.07 Å². The molecule has 178 valence electrons. The van der Waals surface area contributed by atoms with E-state index >= 15 is 0 Å². The number of halogens is 1. The van der Waals surface area contributed by atoms with Crippen molar-refractivity contribution in [2.45, 2.75) is 6.92 Å². The Balaban J connectivity index is 1.57. The number of anilines is 4. The molecule has 1 aliphatic rings. The van der Waals surface area contributed by atoms with Crippen molar-refractivity contribution >= 4 is 45.7 Å². The zero-order valence-corrected chi connectivity index (χ0v) is 20.8. The maximum Gasteiger partial charge on any atom is 0.250 e. The van der Waals surface area contributed by atoms with E-state index in [9.17, 15) is 0 Å². The van der Waals surface area contributed by atoms with Crippen LogP contribution in [0.4, 0.5) is 23.5 Å². The van der Waals surface area contributed by atoms with Crippen LogP contribution in [0, 0.1) is 6.92 Å². The molecule has 1 saturated heterocycles. The van der Waals surface area contributed by atoms with Crippen molar-refractivity contribution < 1.29 is 14.2 Å². The number of rotatable bonds is 8. The summed E-state index contributed by atoms with van der Waals surface area (Å²) in [6, 6.07) is 11.5. The molecular formula is C23H26BrN7O3. The Morgan fingerprint density at radius 1 is 1.00 bits per heavy atom. The van der Waals surface area contributed by atoms with Crippen molar-refractivity contribution in [1.82, 2.24) is 15.0 Å². The largest absolute Gasteiger partial charge is 0.493 e. The number of hydrogen-bond acceptors (Lipinski definition) is 10. The molecular weight excluding hydrogens is 502 g/mol. The smallest absolute Gasteiger partial charge is 0.250 e. The fourth-order valence-electron chi connectivity index (χ4n) is 3.32. The molecule has 0 bridgehead atoms. The van der Waals surface area contributed by atoms with Gasteiger partial charge in [0.05, 0.1) is 39.3 Å². The van der Waals surface area contributed by atoms with Gasteiger partial charge in [0.1, 0.15) is 0 Å². The Morgan fingerprint density at radius 2 is 1.76 bits per heavy atom. The van der Waals surface area contributed by atoms with Crippen LogP contribution in [0.3, 0.4) is 0 Å². The van der Waals surface area contributed by atoms with E-state index in [1.165, 1.54) is 0 Å². The summed E-state index contributed by atoms with van der Waals surface area (Å²) in [5.41, 5.74) is 5.74. The lowest BCUT2D eigenvalue weighted by Crippen LogP contribution is -2.37. The number of benzene rings is 2. The molecule has 2 aromatic carbocycles. The lowest BCUT2D eigenvalue weighted by Gasteiger charge is -2.27. The van der Waals surface area contributed by atoms with Gasteiger partial charge in [-0.2, -0.15) is 20.1 Å². The molecule has 10 nitrogen and oxygen atoms in total. The van der Waals surface area contributed by atoms with Crippen LogP contribution in [-0.2, 0) is 4.74 Å². The van der Waals surface area contributed by atoms with Gasteiger partial charge in [0, 0.05) is 17.6 Å². The molecule has 3 aromatic rings. The third-order valence-corrected chi connectivity index (χ3v) is 5.73. The van der Waals surface area contributed by atoms with Gasteiger partial charge in [-0.3, -0.25) is 0 Å². The summed E-state index contributed by atoms with van der Waals surface area (Å²) >= 11 is 3.59. The third-order valence-electron chi connectivity index (χ3n) is 5.07. The molecule has 0 unspecified atom stereocenters. The quantitative estimate of drug-likeness (QED) is 0.332. The topological polar surface area (TPSA) is 106 Å². The van der Waals surface area contributed by atoms with Crippen molar-refractivity contribution in [3.8, 4) is 11.5 Å². The van der Waals surface area contributed by atoms with Gasteiger partial charge in [0.15, 0.2) is 11.5 Å². The predicted octanol–water partition coefficient (Wildman–Crippen LogP) is 3.99. The highest BCUT2D eigenvalue weighted by Crippen LogP contribution is 2.28. The molecule has 0 aliphatic carbocycles. The second-order valence-corrected chi connectivity index (χ2v) is 8.33. The Hall–Kier alpha value is -3.44. The average Bonchev–Trinajstić information content (AvgIpc) is 2.86. The SMILES string of the molecule is COc1ccc(C=NNc2nc(Nc3ccc(C)cc3Br)nc(N3CCOCC3)n2)cc1OC. The average molecular weight is 528 g/mol. The Labute approximate surface area is 206 Å². The minimum atomic E-state index is 0.318. The fourth-order valence-corrected chi connectivity index (χ4v) is 3.91. The summed E-state index contributed by atoms with van der Waals surface area (Å²) < 4.78 is 17.0. The molecule has 11 heteroatoms. The van der Waals surface area contributed by atoms with Gasteiger partial charge in [-0.15, -0.1) is 0 Å². The fraction of sp³-hybridized carbons (Fsp3) is 0.304. The van der Waals surface area contributed by atoms with E-state index in [1.807, 2.05) is 43.3 Å². The second-order valence-electron chi connectivity index (χ2n) is 7.47. The summed E-state index contributed by atoms with van der Waals surface area (Å²) in [7, 11) is 3.19. The van der Waals surface area contributed by atoms with Gasteiger partial charge < -0.3 is 24.4 Å². The van der Waals surface area contributed by atoms with Crippen molar-refractivity contribution in [2.24, 2.45) is 5.10 Å². The van der Waals surface area contributed by atoms with E-state index in [0.717, 1.165) is 21.3 Å². The monoisotopic (exact) mass is 527 g/mol. The molecule has 0 amide bonds. The lowest BCUT2D eigenvalue weighted by molar-refractivity contribution is 0.122. The number of ether oxygens (including phenoxy) is 3. The predicted molar refractivity (Wildman–Crippen MR) is 136 cm³/mol. The van der Waals surface area contributed by atoms with E-state index < -0.39 is 0 Å². The van der Waals surface area contributed by atoms with E-state index in [-0.39, 0.29) is 0 Å². The van der Waals surface area contributed by atoms with E-state index in [1.54, 1.807) is 20.4 Å². The number of nitrogens with one attached hydrogen (secondary N) is 2. The maximum atomic E-state index is 5.46. The van der Waals surface area contributed by atoms with Crippen molar-refractivity contribution in [2.75, 3.05) is 56.2 Å². The van der Waals surface area contributed by atoms with E-state index in [0.29, 0.717) is 55.6 Å². The molecule has 2 heterocycles. The van der Waals surface area contributed by atoms with Crippen molar-refractivity contribution in [3.05, 3.63) is 52.0 Å². The minimum Gasteiger partial charge on any atom is -0.493 e. The number of aryl methyl sites for hydroxylation is 1. The number of nitrogens with zero attached hydrogens (tertiary/aromatic N) is 5. The summed E-state index contributed by atoms with van der Waals surface area (Å²) in [5, 5.41) is 7.57. The Bertz CT molecular complexity index is 1170. The van der Waals surface area contributed by atoms with Crippen LogP contribution < -0.4 is 25.1 Å². The first-order valence-corrected chi connectivity index (χ1v) is 11.5. The molecule has 0 radical (unpaired) electrons. The normalized spacial score (nSPS) is 13.7.